The van der Waals surface area contributed by atoms with Crippen LogP contribution in [0.1, 0.15) is 24.4 Å². The van der Waals surface area contributed by atoms with Gasteiger partial charge in [0.2, 0.25) is 0 Å². The van der Waals surface area contributed by atoms with Crippen LogP contribution in [0.15, 0.2) is 53.7 Å². The standard InChI is InChI=1S/C19H24N6O2/c1-3-20-19(21-12-16(26)14-7-6-8-15(11-14)27-2)22-13-18-24-23-17-9-4-5-10-25(17)18/h4-11,16,26H,3,12-13H2,1-2H3,(H2,20,21,22). The third kappa shape index (κ3) is 4.73. The first-order valence-electron chi connectivity index (χ1n) is 8.84. The molecule has 0 aliphatic heterocycles. The van der Waals surface area contributed by atoms with Crippen molar-refractivity contribution in [2.75, 3.05) is 20.2 Å². The summed E-state index contributed by atoms with van der Waals surface area (Å²) in [6.45, 7) is 3.39. The van der Waals surface area contributed by atoms with Gasteiger partial charge >= 0.3 is 0 Å². The monoisotopic (exact) mass is 368 g/mol. The molecule has 1 unspecified atom stereocenters. The Morgan fingerprint density at radius 2 is 2.11 bits per heavy atom. The zero-order valence-electron chi connectivity index (χ0n) is 15.5. The molecular formula is C19H24N6O2. The molecule has 0 spiro atoms. The van der Waals surface area contributed by atoms with Crippen LogP contribution in [0.25, 0.3) is 5.65 Å². The Hall–Kier alpha value is -3.13. The minimum Gasteiger partial charge on any atom is -0.497 e. The normalized spacial score (nSPS) is 12.8. The molecule has 8 heteroatoms. The summed E-state index contributed by atoms with van der Waals surface area (Å²) in [5.41, 5.74) is 1.57. The zero-order valence-corrected chi connectivity index (χ0v) is 15.5. The van der Waals surface area contributed by atoms with Crippen LogP contribution >= 0.6 is 0 Å². The first-order valence-corrected chi connectivity index (χ1v) is 8.84. The number of nitrogens with zero attached hydrogens (tertiary/aromatic N) is 4. The second kappa shape index (κ2) is 9.00. The number of hydrogen-bond donors (Lipinski definition) is 3. The van der Waals surface area contributed by atoms with Crippen LogP contribution < -0.4 is 15.4 Å². The molecule has 8 nitrogen and oxygen atoms in total. The van der Waals surface area contributed by atoms with Crippen LogP contribution in [0, 0.1) is 0 Å². The summed E-state index contributed by atoms with van der Waals surface area (Å²) in [6, 6.07) is 13.1. The molecule has 0 radical (unpaired) electrons. The topological polar surface area (TPSA) is 96.1 Å². The molecule has 0 bridgehead atoms. The molecule has 0 amide bonds. The van der Waals surface area contributed by atoms with Gasteiger partial charge in [-0.25, -0.2) is 4.99 Å². The smallest absolute Gasteiger partial charge is 0.191 e. The van der Waals surface area contributed by atoms with Crippen LogP contribution in [0.4, 0.5) is 0 Å². The number of aliphatic hydroxyl groups excluding tert-OH is 1. The maximum absolute atomic E-state index is 10.4. The predicted octanol–water partition coefficient (Wildman–Crippen LogP) is 1.53. The van der Waals surface area contributed by atoms with E-state index in [9.17, 15) is 5.11 Å². The molecule has 1 atom stereocenters. The average molecular weight is 368 g/mol. The lowest BCUT2D eigenvalue weighted by Gasteiger charge is -2.16. The lowest BCUT2D eigenvalue weighted by Crippen LogP contribution is -2.39. The second-order valence-electron chi connectivity index (χ2n) is 5.91. The van der Waals surface area contributed by atoms with Gasteiger partial charge in [-0.3, -0.25) is 4.40 Å². The summed E-state index contributed by atoms with van der Waals surface area (Å²) >= 11 is 0. The van der Waals surface area contributed by atoms with Crippen molar-refractivity contribution < 1.29 is 9.84 Å². The Labute approximate surface area is 157 Å². The third-order valence-corrected chi connectivity index (χ3v) is 4.05. The van der Waals surface area contributed by atoms with E-state index < -0.39 is 6.10 Å². The summed E-state index contributed by atoms with van der Waals surface area (Å²) in [5, 5.41) is 25.0. The van der Waals surface area contributed by atoms with E-state index in [0.717, 1.165) is 17.0 Å². The van der Waals surface area contributed by atoms with E-state index in [2.05, 4.69) is 25.8 Å². The molecule has 3 N–H and O–H groups in total. The van der Waals surface area contributed by atoms with Gasteiger partial charge < -0.3 is 20.5 Å². The number of fused-ring (bicyclic) bond motifs is 1. The zero-order chi connectivity index (χ0) is 19.1. The third-order valence-electron chi connectivity index (χ3n) is 4.05. The number of methoxy groups -OCH3 is 1. The number of ether oxygens (including phenoxy) is 1. The van der Waals surface area contributed by atoms with Crippen molar-refractivity contribution in [1.29, 1.82) is 0 Å². The summed E-state index contributed by atoms with van der Waals surface area (Å²) in [6.07, 6.45) is 1.23. The maximum Gasteiger partial charge on any atom is 0.191 e. The van der Waals surface area contributed by atoms with Crippen LogP contribution in [0.3, 0.4) is 0 Å². The highest BCUT2D eigenvalue weighted by Crippen LogP contribution is 2.18. The van der Waals surface area contributed by atoms with E-state index in [4.69, 9.17) is 4.74 Å². The fourth-order valence-corrected chi connectivity index (χ4v) is 2.65. The predicted molar refractivity (Wildman–Crippen MR) is 104 cm³/mol. The molecule has 0 aliphatic rings. The van der Waals surface area contributed by atoms with E-state index in [1.807, 2.05) is 60.0 Å². The number of guanidine groups is 1. The minimum absolute atomic E-state index is 0.319. The van der Waals surface area contributed by atoms with Crippen molar-refractivity contribution in [1.82, 2.24) is 25.2 Å². The van der Waals surface area contributed by atoms with E-state index in [1.54, 1.807) is 7.11 Å². The molecule has 142 valence electrons. The van der Waals surface area contributed by atoms with E-state index in [1.165, 1.54) is 0 Å². The molecule has 0 saturated carbocycles. The van der Waals surface area contributed by atoms with Gasteiger partial charge in [-0.1, -0.05) is 18.2 Å². The van der Waals surface area contributed by atoms with Crippen LogP contribution in [-0.2, 0) is 6.54 Å². The summed E-state index contributed by atoms with van der Waals surface area (Å²) in [4.78, 5) is 4.54. The van der Waals surface area contributed by atoms with Crippen LogP contribution in [0.5, 0.6) is 5.75 Å². The van der Waals surface area contributed by atoms with Crippen LogP contribution in [0.2, 0.25) is 0 Å². The largest absolute Gasteiger partial charge is 0.497 e. The number of hydrogen-bond acceptors (Lipinski definition) is 5. The molecule has 0 fully saturated rings. The minimum atomic E-state index is -0.683. The molecular weight excluding hydrogens is 344 g/mol. The number of rotatable bonds is 7. The molecule has 3 aromatic rings. The molecule has 0 saturated heterocycles. The van der Waals surface area contributed by atoms with E-state index in [-0.39, 0.29) is 0 Å². The quantitative estimate of drug-likeness (QED) is 0.432. The fourth-order valence-electron chi connectivity index (χ4n) is 2.65. The molecule has 2 aromatic heterocycles. The van der Waals surface area contributed by atoms with Gasteiger partial charge in [0.15, 0.2) is 17.4 Å². The average Bonchev–Trinajstić information content (AvgIpc) is 3.13. The number of pyridine rings is 1. The Kier molecular flexibility index (Phi) is 6.22. The number of aliphatic hydroxyl groups is 1. The van der Waals surface area contributed by atoms with Gasteiger partial charge in [-0.05, 0) is 36.8 Å². The van der Waals surface area contributed by atoms with Crippen LogP contribution in [-0.4, -0.2) is 45.9 Å². The molecule has 27 heavy (non-hydrogen) atoms. The first kappa shape index (κ1) is 18.7. The summed E-state index contributed by atoms with van der Waals surface area (Å²) in [5.74, 6) is 2.06. The van der Waals surface area contributed by atoms with Gasteiger partial charge in [-0.2, -0.15) is 0 Å². The first-order chi connectivity index (χ1) is 13.2. The molecule has 0 aliphatic carbocycles. The molecule has 1 aromatic carbocycles. The van der Waals surface area contributed by atoms with Gasteiger partial charge in [0.25, 0.3) is 0 Å². The van der Waals surface area contributed by atoms with E-state index >= 15 is 0 Å². The maximum atomic E-state index is 10.4. The number of benzene rings is 1. The molecule has 2 heterocycles. The highest BCUT2D eigenvalue weighted by molar-refractivity contribution is 5.79. The van der Waals surface area contributed by atoms with Crippen molar-refractivity contribution in [3.63, 3.8) is 0 Å². The highest BCUT2D eigenvalue weighted by Gasteiger charge is 2.10. The van der Waals surface area contributed by atoms with E-state index in [0.29, 0.717) is 31.3 Å². The fraction of sp³-hybridized carbons (Fsp3) is 0.316. The lowest BCUT2D eigenvalue weighted by atomic mass is 10.1. The Balaban J connectivity index is 1.65. The van der Waals surface area contributed by atoms with Gasteiger partial charge in [0, 0.05) is 19.3 Å². The van der Waals surface area contributed by atoms with Crippen molar-refractivity contribution in [2.24, 2.45) is 4.99 Å². The van der Waals surface area contributed by atoms with Gasteiger partial charge in [0.05, 0.1) is 13.2 Å². The molecule has 3 rings (SSSR count). The van der Waals surface area contributed by atoms with Crippen molar-refractivity contribution in [3.8, 4) is 5.75 Å². The van der Waals surface area contributed by atoms with Gasteiger partial charge in [0.1, 0.15) is 12.3 Å². The van der Waals surface area contributed by atoms with Crippen molar-refractivity contribution in [2.45, 2.75) is 19.6 Å². The Morgan fingerprint density at radius 3 is 2.93 bits per heavy atom. The summed E-state index contributed by atoms with van der Waals surface area (Å²) in [7, 11) is 1.61. The highest BCUT2D eigenvalue weighted by atomic mass is 16.5. The second-order valence-corrected chi connectivity index (χ2v) is 5.91. The summed E-state index contributed by atoms with van der Waals surface area (Å²) < 4.78 is 7.10. The Morgan fingerprint density at radius 1 is 1.22 bits per heavy atom. The van der Waals surface area contributed by atoms with Crippen molar-refractivity contribution in [3.05, 3.63) is 60.0 Å². The SMILES string of the molecule is CCNC(=NCc1nnc2ccccn12)NCC(O)c1cccc(OC)c1. The number of nitrogens with one attached hydrogen (secondary N) is 2. The number of aliphatic imine (C=N–C) groups is 1. The number of aromatic nitrogens is 3. The van der Waals surface area contributed by atoms with Crippen molar-refractivity contribution >= 4 is 11.6 Å². The lowest BCUT2D eigenvalue weighted by molar-refractivity contribution is 0.180. The van der Waals surface area contributed by atoms with Gasteiger partial charge in [-0.15, -0.1) is 10.2 Å². The Bertz CT molecular complexity index is 908.